The fourth-order valence-corrected chi connectivity index (χ4v) is 5.68. The van der Waals surface area contributed by atoms with Gasteiger partial charge in [-0.25, -0.2) is 0 Å². The number of thioether (sulfide) groups is 1. The van der Waals surface area contributed by atoms with Gasteiger partial charge in [-0.1, -0.05) is 19.1 Å². The lowest BCUT2D eigenvalue weighted by Crippen LogP contribution is -2.52. The largest absolute Gasteiger partial charge is 0.342 e. The minimum atomic E-state index is 0.190. The van der Waals surface area contributed by atoms with E-state index in [0.29, 0.717) is 18.3 Å². The highest BCUT2D eigenvalue weighted by Gasteiger charge is 2.27. The summed E-state index contributed by atoms with van der Waals surface area (Å²) in [5.74, 6) is 0.460. The highest BCUT2D eigenvalue weighted by atomic mass is 32.2. The number of anilines is 1. The molecule has 1 unspecified atom stereocenters. The number of carbonyl (C=O) groups is 2. The van der Waals surface area contributed by atoms with Crippen LogP contribution in [-0.4, -0.2) is 90.7 Å². The molecule has 6 nitrogen and oxygen atoms in total. The number of para-hydroxylation sites is 1. The molecule has 164 valence electrons. The molecule has 0 aromatic heterocycles. The van der Waals surface area contributed by atoms with Crippen molar-refractivity contribution >= 4 is 29.3 Å². The number of hydrogen-bond acceptors (Lipinski definition) is 5. The van der Waals surface area contributed by atoms with Crippen LogP contribution in [0.25, 0.3) is 0 Å². The third kappa shape index (κ3) is 5.37. The molecule has 0 bridgehead atoms. The Morgan fingerprint density at radius 1 is 0.867 bits per heavy atom. The van der Waals surface area contributed by atoms with Crippen LogP contribution in [0.4, 0.5) is 5.69 Å². The van der Waals surface area contributed by atoms with Crippen LogP contribution in [0.15, 0.2) is 29.2 Å². The van der Waals surface area contributed by atoms with Crippen molar-refractivity contribution in [1.82, 2.24) is 14.7 Å². The van der Waals surface area contributed by atoms with Crippen LogP contribution in [-0.2, 0) is 9.59 Å². The maximum Gasteiger partial charge on any atom is 0.241 e. The Labute approximate surface area is 184 Å². The number of amides is 2. The Kier molecular flexibility index (Phi) is 7.33. The van der Waals surface area contributed by atoms with E-state index in [4.69, 9.17) is 0 Å². The molecule has 0 spiro atoms. The third-order valence-electron chi connectivity index (χ3n) is 6.44. The second-order valence-corrected chi connectivity index (χ2v) is 10.2. The summed E-state index contributed by atoms with van der Waals surface area (Å²) in [5, 5.41) is 0.518. The predicted molar refractivity (Wildman–Crippen MR) is 122 cm³/mol. The average molecular weight is 431 g/mol. The topological polar surface area (TPSA) is 47.1 Å². The van der Waals surface area contributed by atoms with Gasteiger partial charge in [-0.15, -0.1) is 11.8 Å². The number of hydrogen-bond donors (Lipinski definition) is 0. The standard InChI is InChI=1S/C23H34N4O2S/c1-19-9-12-27(20-7-3-4-8-21(20)30-19)23(29)18-25-15-13-24(14-16-25)17-22(28)26-10-5-2-6-11-26/h3-4,7-8,19H,2,5-6,9-18H2,1H3. The molecule has 1 aromatic rings. The lowest BCUT2D eigenvalue weighted by Gasteiger charge is -2.36. The summed E-state index contributed by atoms with van der Waals surface area (Å²) < 4.78 is 0. The van der Waals surface area contributed by atoms with Gasteiger partial charge in [0, 0.05) is 56.0 Å². The molecular formula is C23H34N4O2S. The molecule has 30 heavy (non-hydrogen) atoms. The maximum absolute atomic E-state index is 13.2. The first kappa shape index (κ1) is 21.7. The number of benzene rings is 1. The van der Waals surface area contributed by atoms with E-state index in [0.717, 1.165) is 70.8 Å². The Balaban J connectivity index is 1.28. The number of nitrogens with zero attached hydrogens (tertiary/aromatic N) is 4. The van der Waals surface area contributed by atoms with Crippen LogP contribution < -0.4 is 4.90 Å². The Bertz CT molecular complexity index is 744. The van der Waals surface area contributed by atoms with Gasteiger partial charge in [-0.3, -0.25) is 19.4 Å². The summed E-state index contributed by atoms with van der Waals surface area (Å²) in [4.78, 5) is 35.4. The number of fused-ring (bicyclic) bond motifs is 1. The van der Waals surface area contributed by atoms with E-state index in [1.165, 1.54) is 11.3 Å². The fourth-order valence-electron chi connectivity index (χ4n) is 4.56. The van der Waals surface area contributed by atoms with E-state index in [1.54, 1.807) is 0 Å². The molecule has 0 radical (unpaired) electrons. The summed E-state index contributed by atoms with van der Waals surface area (Å²) in [7, 11) is 0. The van der Waals surface area contributed by atoms with E-state index in [9.17, 15) is 9.59 Å². The molecule has 3 aliphatic rings. The van der Waals surface area contributed by atoms with E-state index in [1.807, 2.05) is 27.6 Å². The molecule has 1 atom stereocenters. The predicted octanol–water partition coefficient (Wildman–Crippen LogP) is 2.53. The van der Waals surface area contributed by atoms with Crippen molar-refractivity contribution in [1.29, 1.82) is 0 Å². The monoisotopic (exact) mass is 430 g/mol. The molecule has 2 fully saturated rings. The SMILES string of the molecule is CC1CCN(C(=O)CN2CCN(CC(=O)N3CCCCC3)CC2)c2ccccc2S1. The van der Waals surface area contributed by atoms with E-state index < -0.39 is 0 Å². The van der Waals surface area contributed by atoms with Crippen molar-refractivity contribution in [2.75, 3.05) is 63.8 Å². The quantitative estimate of drug-likeness (QED) is 0.735. The lowest BCUT2D eigenvalue weighted by molar-refractivity contribution is -0.134. The molecule has 1 aromatic carbocycles. The van der Waals surface area contributed by atoms with E-state index in [2.05, 4.69) is 34.9 Å². The Hall–Kier alpha value is -1.57. The first-order chi connectivity index (χ1) is 14.6. The summed E-state index contributed by atoms with van der Waals surface area (Å²) in [5.41, 5.74) is 1.06. The third-order valence-corrected chi connectivity index (χ3v) is 7.67. The molecule has 3 aliphatic heterocycles. The van der Waals surface area contributed by atoms with E-state index in [-0.39, 0.29) is 11.8 Å². The van der Waals surface area contributed by atoms with Gasteiger partial charge in [0.05, 0.1) is 18.8 Å². The minimum Gasteiger partial charge on any atom is -0.342 e. The normalized spacial score (nSPS) is 23.7. The number of piperazine rings is 1. The highest BCUT2D eigenvalue weighted by Crippen LogP contribution is 2.37. The van der Waals surface area contributed by atoms with Crippen molar-refractivity contribution in [3.8, 4) is 0 Å². The van der Waals surface area contributed by atoms with Gasteiger partial charge in [0.15, 0.2) is 0 Å². The molecule has 4 rings (SSSR count). The highest BCUT2D eigenvalue weighted by molar-refractivity contribution is 8.00. The first-order valence-corrected chi connectivity index (χ1v) is 12.3. The van der Waals surface area contributed by atoms with Gasteiger partial charge >= 0.3 is 0 Å². The number of likely N-dealkylation sites (tertiary alicyclic amines) is 1. The van der Waals surface area contributed by atoms with Crippen LogP contribution in [0.1, 0.15) is 32.6 Å². The molecule has 0 aliphatic carbocycles. The maximum atomic E-state index is 13.2. The van der Waals surface area contributed by atoms with Gasteiger partial charge < -0.3 is 9.80 Å². The Morgan fingerprint density at radius 3 is 2.20 bits per heavy atom. The van der Waals surface area contributed by atoms with Gasteiger partial charge in [-0.2, -0.15) is 0 Å². The van der Waals surface area contributed by atoms with Crippen LogP contribution in [0.2, 0.25) is 0 Å². The molecule has 2 saturated heterocycles. The summed E-state index contributed by atoms with van der Waals surface area (Å²) in [6.07, 6.45) is 4.53. The second kappa shape index (κ2) is 10.2. The first-order valence-electron chi connectivity index (χ1n) is 11.4. The average Bonchev–Trinajstić information content (AvgIpc) is 2.94. The van der Waals surface area contributed by atoms with Gasteiger partial charge in [0.25, 0.3) is 0 Å². The summed E-state index contributed by atoms with van der Waals surface area (Å²) in [6.45, 7) is 9.25. The zero-order valence-corrected chi connectivity index (χ0v) is 18.9. The molecule has 0 saturated carbocycles. The minimum absolute atomic E-state index is 0.190. The number of rotatable bonds is 4. The van der Waals surface area contributed by atoms with Crippen molar-refractivity contribution in [2.24, 2.45) is 0 Å². The fraction of sp³-hybridized carbons (Fsp3) is 0.652. The second-order valence-electron chi connectivity index (χ2n) is 8.72. The van der Waals surface area contributed by atoms with Crippen LogP contribution in [0.3, 0.4) is 0 Å². The van der Waals surface area contributed by atoms with Crippen LogP contribution in [0.5, 0.6) is 0 Å². The van der Waals surface area contributed by atoms with Crippen molar-refractivity contribution in [2.45, 2.75) is 42.8 Å². The van der Waals surface area contributed by atoms with Crippen LogP contribution >= 0.6 is 11.8 Å². The molecular weight excluding hydrogens is 396 g/mol. The lowest BCUT2D eigenvalue weighted by atomic mass is 10.1. The molecule has 7 heteroatoms. The number of carbonyl (C=O) groups excluding carboxylic acids is 2. The van der Waals surface area contributed by atoms with Gasteiger partial charge in [0.2, 0.25) is 11.8 Å². The molecule has 2 amide bonds. The Morgan fingerprint density at radius 2 is 1.50 bits per heavy atom. The molecule has 3 heterocycles. The van der Waals surface area contributed by atoms with Crippen molar-refractivity contribution in [3.63, 3.8) is 0 Å². The zero-order chi connectivity index (χ0) is 20.9. The number of piperidine rings is 1. The smallest absolute Gasteiger partial charge is 0.241 e. The van der Waals surface area contributed by atoms with Crippen molar-refractivity contribution in [3.05, 3.63) is 24.3 Å². The summed E-state index contributed by atoms with van der Waals surface area (Å²) in [6, 6.07) is 8.27. The van der Waals surface area contributed by atoms with E-state index >= 15 is 0 Å². The van der Waals surface area contributed by atoms with Crippen molar-refractivity contribution < 1.29 is 9.59 Å². The molecule has 0 N–H and O–H groups in total. The van der Waals surface area contributed by atoms with Gasteiger partial charge in [-0.05, 0) is 37.8 Å². The van der Waals surface area contributed by atoms with Crippen LogP contribution in [0, 0.1) is 0 Å². The zero-order valence-electron chi connectivity index (χ0n) is 18.1. The summed E-state index contributed by atoms with van der Waals surface area (Å²) >= 11 is 1.87. The van der Waals surface area contributed by atoms with Gasteiger partial charge in [0.1, 0.15) is 0 Å².